The standard InChI is InChI=1S/C16H24ClNO2S/c1-16(2,3)14(19)11-18-15(20)5-4-10-21-13-8-6-12(17)7-9-13/h6-9,14,19H,4-5,10-11H2,1-3H3,(H,18,20)/t14-/m0/s1. The summed E-state index contributed by atoms with van der Waals surface area (Å²) in [6.07, 6.45) is 0.771. The summed E-state index contributed by atoms with van der Waals surface area (Å²) in [5.41, 5.74) is -0.211. The van der Waals surface area contributed by atoms with Gasteiger partial charge in [-0.1, -0.05) is 32.4 Å². The Balaban J connectivity index is 2.15. The lowest BCUT2D eigenvalue weighted by molar-refractivity contribution is -0.121. The van der Waals surface area contributed by atoms with Gasteiger partial charge in [0, 0.05) is 22.9 Å². The van der Waals surface area contributed by atoms with Gasteiger partial charge >= 0.3 is 0 Å². The van der Waals surface area contributed by atoms with Gasteiger partial charge in [0.1, 0.15) is 0 Å². The van der Waals surface area contributed by atoms with Gasteiger partial charge in [-0.25, -0.2) is 0 Å². The van der Waals surface area contributed by atoms with Gasteiger partial charge in [-0.3, -0.25) is 4.79 Å². The average Bonchev–Trinajstić information content (AvgIpc) is 2.41. The molecule has 1 amide bonds. The van der Waals surface area contributed by atoms with Gasteiger partial charge in [-0.15, -0.1) is 11.8 Å². The molecule has 0 aliphatic rings. The highest BCUT2D eigenvalue weighted by atomic mass is 35.5. The Morgan fingerprint density at radius 2 is 1.95 bits per heavy atom. The van der Waals surface area contributed by atoms with E-state index >= 15 is 0 Å². The van der Waals surface area contributed by atoms with Crippen LogP contribution in [-0.2, 0) is 4.79 Å². The van der Waals surface area contributed by atoms with Crippen LogP contribution in [-0.4, -0.2) is 29.4 Å². The van der Waals surface area contributed by atoms with Gasteiger partial charge in [0.25, 0.3) is 0 Å². The lowest BCUT2D eigenvalue weighted by Crippen LogP contribution is -2.39. The van der Waals surface area contributed by atoms with Crippen molar-refractivity contribution in [3.63, 3.8) is 0 Å². The second-order valence-electron chi connectivity index (χ2n) is 6.09. The first-order valence-electron chi connectivity index (χ1n) is 7.12. The van der Waals surface area contributed by atoms with Crippen LogP contribution in [0.15, 0.2) is 29.2 Å². The van der Waals surface area contributed by atoms with Crippen LogP contribution in [0.1, 0.15) is 33.6 Å². The summed E-state index contributed by atoms with van der Waals surface area (Å²) in [4.78, 5) is 12.8. The largest absolute Gasteiger partial charge is 0.391 e. The molecule has 0 aliphatic heterocycles. The average molecular weight is 330 g/mol. The Kier molecular flexibility index (Phi) is 7.57. The fourth-order valence-electron chi connectivity index (χ4n) is 1.56. The van der Waals surface area contributed by atoms with Crippen LogP contribution >= 0.6 is 23.4 Å². The van der Waals surface area contributed by atoms with Gasteiger partial charge < -0.3 is 10.4 Å². The topological polar surface area (TPSA) is 49.3 Å². The van der Waals surface area contributed by atoms with Crippen LogP contribution in [0.3, 0.4) is 0 Å². The van der Waals surface area contributed by atoms with E-state index in [1.54, 1.807) is 11.8 Å². The van der Waals surface area contributed by atoms with Gasteiger partial charge in [0.15, 0.2) is 0 Å². The van der Waals surface area contributed by atoms with Gasteiger partial charge in [0.2, 0.25) is 5.91 Å². The minimum absolute atomic E-state index is 0.00462. The number of halogens is 1. The van der Waals surface area contributed by atoms with Crippen molar-refractivity contribution >= 4 is 29.3 Å². The molecule has 1 rings (SSSR count). The third kappa shape index (κ3) is 7.74. The molecule has 2 N–H and O–H groups in total. The van der Waals surface area contributed by atoms with Crippen LogP contribution < -0.4 is 5.32 Å². The molecular weight excluding hydrogens is 306 g/mol. The summed E-state index contributed by atoms with van der Waals surface area (Å²) in [5.74, 6) is 0.881. The number of hydrogen-bond acceptors (Lipinski definition) is 3. The van der Waals surface area contributed by atoms with E-state index in [2.05, 4.69) is 5.32 Å². The zero-order valence-corrected chi connectivity index (χ0v) is 14.4. The third-order valence-corrected chi connectivity index (χ3v) is 4.47. The Labute approximate surface area is 136 Å². The zero-order valence-electron chi connectivity index (χ0n) is 12.9. The molecule has 118 valence electrons. The van der Waals surface area contributed by atoms with Crippen molar-refractivity contribution < 1.29 is 9.90 Å². The number of thioether (sulfide) groups is 1. The third-order valence-electron chi connectivity index (χ3n) is 3.12. The van der Waals surface area contributed by atoms with Crippen molar-refractivity contribution in [3.8, 4) is 0 Å². The Morgan fingerprint density at radius 3 is 2.52 bits per heavy atom. The fourth-order valence-corrected chi connectivity index (χ4v) is 2.54. The van der Waals surface area contributed by atoms with Gasteiger partial charge in [0.05, 0.1) is 6.10 Å². The van der Waals surface area contributed by atoms with E-state index in [4.69, 9.17) is 11.6 Å². The molecule has 0 unspecified atom stereocenters. The number of aliphatic hydroxyl groups is 1. The summed E-state index contributed by atoms with van der Waals surface area (Å²) in [6, 6.07) is 7.69. The van der Waals surface area contributed by atoms with E-state index in [1.165, 1.54) is 0 Å². The second kappa shape index (κ2) is 8.66. The number of carbonyl (C=O) groups excluding carboxylic acids is 1. The van der Waals surface area contributed by atoms with E-state index in [-0.39, 0.29) is 11.3 Å². The number of nitrogens with one attached hydrogen (secondary N) is 1. The van der Waals surface area contributed by atoms with E-state index in [0.29, 0.717) is 13.0 Å². The number of benzene rings is 1. The monoisotopic (exact) mass is 329 g/mol. The minimum Gasteiger partial charge on any atom is -0.391 e. The molecule has 0 fully saturated rings. The predicted molar refractivity (Wildman–Crippen MR) is 89.9 cm³/mol. The first-order chi connectivity index (χ1) is 9.79. The van der Waals surface area contributed by atoms with Crippen molar-refractivity contribution in [1.29, 1.82) is 0 Å². The molecule has 0 radical (unpaired) electrons. The smallest absolute Gasteiger partial charge is 0.220 e. The van der Waals surface area contributed by atoms with Crippen LogP contribution in [0, 0.1) is 5.41 Å². The van der Waals surface area contributed by atoms with Crippen LogP contribution in [0.5, 0.6) is 0 Å². The molecule has 0 saturated heterocycles. The number of carbonyl (C=O) groups is 1. The first-order valence-corrected chi connectivity index (χ1v) is 8.48. The molecule has 0 bridgehead atoms. The van der Waals surface area contributed by atoms with Crippen molar-refractivity contribution in [3.05, 3.63) is 29.3 Å². The molecule has 0 heterocycles. The Bertz CT molecular complexity index is 443. The SMILES string of the molecule is CC(C)(C)[C@@H](O)CNC(=O)CCCSc1ccc(Cl)cc1. The molecular formula is C16H24ClNO2S. The number of aliphatic hydroxyl groups excluding tert-OH is 1. The van der Waals surface area contributed by atoms with E-state index < -0.39 is 6.10 Å². The maximum Gasteiger partial charge on any atom is 0.220 e. The van der Waals surface area contributed by atoms with Crippen LogP contribution in [0.4, 0.5) is 0 Å². The summed E-state index contributed by atoms with van der Waals surface area (Å²) in [6.45, 7) is 6.17. The maximum atomic E-state index is 11.7. The molecule has 0 spiro atoms. The number of amides is 1. The maximum absolute atomic E-state index is 11.7. The molecule has 5 heteroatoms. The number of rotatable bonds is 7. The molecule has 1 atom stereocenters. The molecule has 0 aliphatic carbocycles. The van der Waals surface area contributed by atoms with E-state index in [0.717, 1.165) is 22.1 Å². The van der Waals surface area contributed by atoms with Crippen molar-refractivity contribution in [2.75, 3.05) is 12.3 Å². The van der Waals surface area contributed by atoms with E-state index in [9.17, 15) is 9.90 Å². The summed E-state index contributed by atoms with van der Waals surface area (Å²) < 4.78 is 0. The van der Waals surface area contributed by atoms with Crippen LogP contribution in [0.25, 0.3) is 0 Å². The normalized spacial score (nSPS) is 13.0. The molecule has 3 nitrogen and oxygen atoms in total. The summed E-state index contributed by atoms with van der Waals surface area (Å²) in [7, 11) is 0. The quantitative estimate of drug-likeness (QED) is 0.592. The first kappa shape index (κ1) is 18.3. The van der Waals surface area contributed by atoms with Crippen molar-refractivity contribution in [1.82, 2.24) is 5.32 Å². The highest BCUT2D eigenvalue weighted by Gasteiger charge is 2.22. The van der Waals surface area contributed by atoms with Crippen LogP contribution in [0.2, 0.25) is 5.02 Å². The molecule has 0 aromatic heterocycles. The molecule has 0 saturated carbocycles. The molecule has 1 aromatic carbocycles. The minimum atomic E-state index is -0.523. The fraction of sp³-hybridized carbons (Fsp3) is 0.562. The zero-order chi connectivity index (χ0) is 15.9. The van der Waals surface area contributed by atoms with Crippen molar-refractivity contribution in [2.24, 2.45) is 5.41 Å². The number of hydrogen-bond donors (Lipinski definition) is 2. The highest BCUT2D eigenvalue weighted by Crippen LogP contribution is 2.21. The summed E-state index contributed by atoms with van der Waals surface area (Å²) >= 11 is 7.54. The van der Waals surface area contributed by atoms with E-state index in [1.807, 2.05) is 45.0 Å². The van der Waals surface area contributed by atoms with Crippen molar-refractivity contribution in [2.45, 2.75) is 44.6 Å². The van der Waals surface area contributed by atoms with Gasteiger partial charge in [-0.05, 0) is 41.9 Å². The Hall–Kier alpha value is -0.710. The Morgan fingerprint density at radius 1 is 1.33 bits per heavy atom. The van der Waals surface area contributed by atoms with Gasteiger partial charge in [-0.2, -0.15) is 0 Å². The summed E-state index contributed by atoms with van der Waals surface area (Å²) in [5, 5.41) is 13.4. The molecule has 21 heavy (non-hydrogen) atoms. The molecule has 1 aromatic rings. The second-order valence-corrected chi connectivity index (χ2v) is 7.70. The predicted octanol–water partition coefficient (Wildman–Crippen LogP) is 3.74. The lowest BCUT2D eigenvalue weighted by atomic mass is 9.89. The lowest BCUT2D eigenvalue weighted by Gasteiger charge is -2.25. The highest BCUT2D eigenvalue weighted by molar-refractivity contribution is 7.99.